The van der Waals surface area contributed by atoms with Crippen LogP contribution in [0, 0.1) is 0 Å². The van der Waals surface area contributed by atoms with E-state index in [0.29, 0.717) is 12.1 Å². The Kier molecular flexibility index (Phi) is 4.37. The molecule has 1 N–H and O–H groups in total. The van der Waals surface area contributed by atoms with Crippen LogP contribution in [-0.2, 0) is 0 Å². The Balaban J connectivity index is 2.20. The molecule has 18 heavy (non-hydrogen) atoms. The number of hydrogen-bond acceptors (Lipinski definition) is 4. The Bertz CT molecular complexity index is 451. The quantitative estimate of drug-likeness (QED) is 0.860. The fourth-order valence-corrected chi connectivity index (χ4v) is 2.65. The van der Waals surface area contributed by atoms with Gasteiger partial charge in [-0.2, -0.15) is 0 Å². The largest absolute Gasteiger partial charge is 0.496 e. The first-order valence-corrected chi connectivity index (χ1v) is 6.71. The van der Waals surface area contributed by atoms with Gasteiger partial charge in [0.05, 0.1) is 17.6 Å². The summed E-state index contributed by atoms with van der Waals surface area (Å²) in [5, 5.41) is 3.25. The van der Waals surface area contributed by atoms with E-state index < -0.39 is 0 Å². The van der Waals surface area contributed by atoms with Gasteiger partial charge in [-0.1, -0.05) is 0 Å². The number of carbonyl (C=O) groups is 1. The van der Waals surface area contributed by atoms with Crippen molar-refractivity contribution in [2.24, 2.45) is 0 Å². The molecule has 98 valence electrons. The van der Waals surface area contributed by atoms with Crippen LogP contribution >= 0.6 is 15.9 Å². The summed E-state index contributed by atoms with van der Waals surface area (Å²) in [6, 6.07) is 5.37. The lowest BCUT2D eigenvalue weighted by atomic mass is 10.0. The molecule has 1 heterocycles. The van der Waals surface area contributed by atoms with Crippen LogP contribution in [0.2, 0.25) is 0 Å². The number of ketones is 1. The highest BCUT2D eigenvalue weighted by atomic mass is 79.9. The highest BCUT2D eigenvalue weighted by Crippen LogP contribution is 2.26. The summed E-state index contributed by atoms with van der Waals surface area (Å²) in [6.45, 7) is 2.54. The van der Waals surface area contributed by atoms with E-state index in [4.69, 9.17) is 4.74 Å². The summed E-state index contributed by atoms with van der Waals surface area (Å²) >= 11 is 3.41. The molecule has 4 nitrogen and oxygen atoms in total. The summed E-state index contributed by atoms with van der Waals surface area (Å²) in [5.41, 5.74) is 0.711. The van der Waals surface area contributed by atoms with E-state index >= 15 is 0 Å². The van der Waals surface area contributed by atoms with Gasteiger partial charge in [-0.05, 0) is 41.2 Å². The highest BCUT2D eigenvalue weighted by Gasteiger charge is 2.26. The molecule has 0 amide bonds. The van der Waals surface area contributed by atoms with Crippen molar-refractivity contribution in [3.63, 3.8) is 0 Å². The first kappa shape index (κ1) is 13.5. The Labute approximate surface area is 115 Å². The number of ether oxygens (including phenoxy) is 1. The van der Waals surface area contributed by atoms with Crippen molar-refractivity contribution >= 4 is 21.7 Å². The van der Waals surface area contributed by atoms with Crippen molar-refractivity contribution in [3.8, 4) is 5.75 Å². The van der Waals surface area contributed by atoms with Gasteiger partial charge in [-0.15, -0.1) is 0 Å². The fraction of sp³-hybridized carbons (Fsp3) is 0.462. The molecular formula is C13H17BrN2O2. The second kappa shape index (κ2) is 5.82. The Hall–Kier alpha value is -0.910. The summed E-state index contributed by atoms with van der Waals surface area (Å²) in [4.78, 5) is 14.5. The molecule has 1 fully saturated rings. The molecule has 5 heteroatoms. The molecule has 1 aromatic carbocycles. The predicted molar refractivity (Wildman–Crippen MR) is 74.3 cm³/mol. The molecule has 0 aromatic heterocycles. The lowest BCUT2D eigenvalue weighted by Gasteiger charge is -2.31. The van der Waals surface area contributed by atoms with Gasteiger partial charge in [0.15, 0.2) is 5.78 Å². The van der Waals surface area contributed by atoms with Crippen molar-refractivity contribution in [2.75, 3.05) is 33.8 Å². The van der Waals surface area contributed by atoms with E-state index in [-0.39, 0.29) is 11.8 Å². The number of halogens is 1. The minimum Gasteiger partial charge on any atom is -0.496 e. The molecule has 0 aliphatic carbocycles. The number of benzene rings is 1. The normalized spacial score (nSPS) is 20.7. The molecule has 0 radical (unpaired) electrons. The zero-order valence-corrected chi connectivity index (χ0v) is 12.2. The van der Waals surface area contributed by atoms with Crippen LogP contribution in [-0.4, -0.2) is 50.5 Å². The maximum absolute atomic E-state index is 12.4. The van der Waals surface area contributed by atoms with Gasteiger partial charge in [0.1, 0.15) is 5.75 Å². The van der Waals surface area contributed by atoms with Crippen LogP contribution in [0.25, 0.3) is 0 Å². The minimum atomic E-state index is -0.0842. The van der Waals surface area contributed by atoms with Crippen molar-refractivity contribution in [1.29, 1.82) is 0 Å². The number of carbonyl (C=O) groups excluding carboxylic acids is 1. The second-order valence-electron chi connectivity index (χ2n) is 4.41. The third-order valence-electron chi connectivity index (χ3n) is 3.25. The van der Waals surface area contributed by atoms with Crippen LogP contribution in [0.4, 0.5) is 0 Å². The fourth-order valence-electron chi connectivity index (χ4n) is 2.11. The lowest BCUT2D eigenvalue weighted by Crippen LogP contribution is -2.53. The van der Waals surface area contributed by atoms with Crippen LogP contribution in [0.3, 0.4) is 0 Å². The van der Waals surface area contributed by atoms with Crippen molar-refractivity contribution in [1.82, 2.24) is 10.2 Å². The van der Waals surface area contributed by atoms with E-state index in [1.807, 2.05) is 25.2 Å². The molecule has 1 saturated heterocycles. The van der Waals surface area contributed by atoms with Crippen molar-refractivity contribution in [2.45, 2.75) is 6.04 Å². The van der Waals surface area contributed by atoms with E-state index in [9.17, 15) is 4.79 Å². The van der Waals surface area contributed by atoms with Gasteiger partial charge in [-0.3, -0.25) is 9.69 Å². The standard InChI is InChI=1S/C13H17BrN2O2/c1-16-6-5-15-8-11(16)13(17)9-3-4-12(18-2)10(14)7-9/h3-4,7,11,15H,5-6,8H2,1-2H3. The molecule has 1 aliphatic rings. The minimum absolute atomic E-state index is 0.0842. The van der Waals surface area contributed by atoms with Crippen molar-refractivity contribution in [3.05, 3.63) is 28.2 Å². The van der Waals surface area contributed by atoms with E-state index in [0.717, 1.165) is 23.3 Å². The van der Waals surface area contributed by atoms with Gasteiger partial charge in [0, 0.05) is 25.2 Å². The predicted octanol–water partition coefficient (Wildman–Crippen LogP) is 1.54. The van der Waals surface area contributed by atoms with E-state index in [2.05, 4.69) is 26.1 Å². The molecule has 1 aliphatic heterocycles. The Morgan fingerprint density at radius 3 is 2.94 bits per heavy atom. The third kappa shape index (κ3) is 2.74. The molecule has 2 rings (SSSR count). The van der Waals surface area contributed by atoms with E-state index in [1.165, 1.54) is 0 Å². The van der Waals surface area contributed by atoms with Crippen molar-refractivity contribution < 1.29 is 9.53 Å². The molecule has 0 saturated carbocycles. The number of methoxy groups -OCH3 is 1. The first-order chi connectivity index (χ1) is 8.63. The number of likely N-dealkylation sites (N-methyl/N-ethyl adjacent to an activating group) is 1. The van der Waals surface area contributed by atoms with Crippen LogP contribution < -0.4 is 10.1 Å². The average Bonchev–Trinajstić information content (AvgIpc) is 2.38. The summed E-state index contributed by atoms with van der Waals surface area (Å²) < 4.78 is 5.97. The second-order valence-corrected chi connectivity index (χ2v) is 5.27. The SMILES string of the molecule is COc1ccc(C(=O)C2CNCCN2C)cc1Br. The lowest BCUT2D eigenvalue weighted by molar-refractivity contribution is 0.0819. The number of nitrogens with zero attached hydrogens (tertiary/aromatic N) is 1. The zero-order chi connectivity index (χ0) is 13.1. The maximum atomic E-state index is 12.4. The third-order valence-corrected chi connectivity index (χ3v) is 3.87. The zero-order valence-electron chi connectivity index (χ0n) is 10.6. The topological polar surface area (TPSA) is 41.6 Å². The van der Waals surface area contributed by atoms with Gasteiger partial charge in [0.25, 0.3) is 0 Å². The van der Waals surface area contributed by atoms with Gasteiger partial charge in [0.2, 0.25) is 0 Å². The highest BCUT2D eigenvalue weighted by molar-refractivity contribution is 9.10. The molecule has 1 atom stereocenters. The molecule has 1 unspecified atom stereocenters. The van der Waals surface area contributed by atoms with Crippen LogP contribution in [0.1, 0.15) is 10.4 Å². The smallest absolute Gasteiger partial charge is 0.181 e. The monoisotopic (exact) mass is 312 g/mol. The van der Waals surface area contributed by atoms with Crippen LogP contribution in [0.5, 0.6) is 5.75 Å². The Morgan fingerprint density at radius 2 is 2.33 bits per heavy atom. The number of Topliss-reactive ketones (excluding diaryl/α,β-unsaturated/α-hetero) is 1. The average molecular weight is 313 g/mol. The summed E-state index contributed by atoms with van der Waals surface area (Å²) in [7, 11) is 3.60. The van der Waals surface area contributed by atoms with Gasteiger partial charge in [-0.25, -0.2) is 0 Å². The number of rotatable bonds is 3. The molecule has 1 aromatic rings. The van der Waals surface area contributed by atoms with Gasteiger partial charge < -0.3 is 10.1 Å². The molecule has 0 bridgehead atoms. The summed E-state index contributed by atoms with van der Waals surface area (Å²) in [5.74, 6) is 0.884. The first-order valence-electron chi connectivity index (χ1n) is 5.92. The van der Waals surface area contributed by atoms with Gasteiger partial charge >= 0.3 is 0 Å². The number of piperazine rings is 1. The number of hydrogen-bond donors (Lipinski definition) is 1. The Morgan fingerprint density at radius 1 is 1.56 bits per heavy atom. The van der Waals surface area contributed by atoms with E-state index in [1.54, 1.807) is 7.11 Å². The molecule has 0 spiro atoms. The number of nitrogens with one attached hydrogen (secondary N) is 1. The van der Waals surface area contributed by atoms with Crippen LogP contribution in [0.15, 0.2) is 22.7 Å². The molecular weight excluding hydrogens is 296 g/mol. The summed E-state index contributed by atoms with van der Waals surface area (Å²) in [6.07, 6.45) is 0. The maximum Gasteiger partial charge on any atom is 0.181 e.